The van der Waals surface area contributed by atoms with Gasteiger partial charge in [-0.25, -0.2) is 0 Å². The number of ketones is 2. The van der Waals surface area contributed by atoms with Gasteiger partial charge in [-0.15, -0.1) is 0 Å². The Morgan fingerprint density at radius 2 is 1.91 bits per heavy atom. The van der Waals surface area contributed by atoms with E-state index in [0.29, 0.717) is 13.0 Å². The molecule has 6 nitrogen and oxygen atoms in total. The topological polar surface area (TPSA) is 82.8 Å². The number of furan rings is 1. The minimum atomic E-state index is -0.979. The number of hydrogen-bond acceptors (Lipinski definition) is 6. The number of rotatable bonds is 2. The van der Waals surface area contributed by atoms with E-state index in [4.69, 9.17) is 13.9 Å². The third-order valence-electron chi connectivity index (χ3n) is 10.2. The Morgan fingerprint density at radius 3 is 2.59 bits per heavy atom. The molecule has 0 spiro atoms. The first kappa shape index (κ1) is 22.0. The zero-order valence-electron chi connectivity index (χ0n) is 20.4. The first-order valence-electron chi connectivity index (χ1n) is 12.3. The lowest BCUT2D eigenvalue weighted by molar-refractivity contribution is -0.197. The van der Waals surface area contributed by atoms with E-state index in [2.05, 4.69) is 19.9 Å². The smallest absolute Gasteiger partial charge is 0.302 e. The van der Waals surface area contributed by atoms with E-state index < -0.39 is 39.8 Å². The van der Waals surface area contributed by atoms with Crippen LogP contribution < -0.4 is 0 Å². The number of fused-ring (bicyclic) bond motifs is 4. The highest BCUT2D eigenvalue weighted by molar-refractivity contribution is 6.03. The van der Waals surface area contributed by atoms with Crippen LogP contribution in [0.4, 0.5) is 0 Å². The molecule has 6 heteroatoms. The van der Waals surface area contributed by atoms with Gasteiger partial charge in [0.05, 0.1) is 24.5 Å². The van der Waals surface area contributed by atoms with Crippen LogP contribution in [0.1, 0.15) is 58.9 Å². The molecule has 180 valence electrons. The predicted octanol–water partition coefficient (Wildman–Crippen LogP) is 4.41. The van der Waals surface area contributed by atoms with Gasteiger partial charge in [0.2, 0.25) is 0 Å². The summed E-state index contributed by atoms with van der Waals surface area (Å²) < 4.78 is 17.6. The maximum atomic E-state index is 14.4. The summed E-state index contributed by atoms with van der Waals surface area (Å²) in [6.07, 6.45) is 9.35. The summed E-state index contributed by atoms with van der Waals surface area (Å²) in [6.45, 7) is 10.0. The van der Waals surface area contributed by atoms with Crippen LogP contribution >= 0.6 is 0 Å². The number of Topliss-reactive ketones (excluding diaryl/α,β-unsaturated/α-hetero) is 1. The molecule has 34 heavy (non-hydrogen) atoms. The lowest BCUT2D eigenvalue weighted by atomic mass is 9.37. The van der Waals surface area contributed by atoms with E-state index in [9.17, 15) is 14.4 Å². The maximum Gasteiger partial charge on any atom is 0.302 e. The van der Waals surface area contributed by atoms with Crippen molar-refractivity contribution in [2.45, 2.75) is 65.6 Å². The van der Waals surface area contributed by atoms with Crippen LogP contribution in [-0.4, -0.2) is 36.4 Å². The Kier molecular flexibility index (Phi) is 4.27. The minimum Gasteiger partial charge on any atom is -0.472 e. The molecule has 2 heterocycles. The fourth-order valence-electron chi connectivity index (χ4n) is 9.04. The second-order valence-electron chi connectivity index (χ2n) is 12.0. The lowest BCUT2D eigenvalue weighted by Gasteiger charge is -2.64. The number of carbonyl (C=O) groups excluding carboxylic acids is 3. The molecule has 0 radical (unpaired) electrons. The first-order valence-corrected chi connectivity index (χ1v) is 12.3. The number of carbonyl (C=O) groups is 3. The molecule has 6 rings (SSSR count). The highest BCUT2D eigenvalue weighted by atomic mass is 16.5. The first-order chi connectivity index (χ1) is 16.0. The molecule has 1 aromatic rings. The standard InChI is InChI=1S/C28H32O6/c1-15(29)34-18-12-26(3)17(16-9-11-32-13-16)6-7-19(26)27(4)22(18)28(5)20(30)8-10-25(2)14-33-21(23(25)28)24(27)31/h7-11,13,17-18,21-23H,6,12,14H2,1-5H3/t17-,18-,21+,22-,23-,25-,26-,27-,28+/m0/s1. The van der Waals surface area contributed by atoms with Gasteiger partial charge in [0.25, 0.3) is 0 Å². The maximum absolute atomic E-state index is 14.4. The van der Waals surface area contributed by atoms with Crippen molar-refractivity contribution in [2.24, 2.45) is 33.5 Å². The summed E-state index contributed by atoms with van der Waals surface area (Å²) in [5, 5.41) is 0. The zero-order valence-corrected chi connectivity index (χ0v) is 20.4. The Hall–Kier alpha value is -2.47. The van der Waals surface area contributed by atoms with Crippen molar-refractivity contribution in [3.63, 3.8) is 0 Å². The normalized spacial score (nSPS) is 48.7. The van der Waals surface area contributed by atoms with E-state index in [1.807, 2.05) is 26.0 Å². The van der Waals surface area contributed by atoms with E-state index >= 15 is 0 Å². The van der Waals surface area contributed by atoms with Gasteiger partial charge in [0.1, 0.15) is 12.2 Å². The van der Waals surface area contributed by atoms with E-state index in [-0.39, 0.29) is 29.4 Å². The molecule has 0 N–H and O–H groups in total. The molecule has 3 fully saturated rings. The highest BCUT2D eigenvalue weighted by Crippen LogP contribution is 2.73. The molecule has 5 aliphatic rings. The fourth-order valence-corrected chi connectivity index (χ4v) is 9.04. The predicted molar refractivity (Wildman–Crippen MR) is 123 cm³/mol. The molecule has 2 saturated carbocycles. The Labute approximate surface area is 199 Å². The summed E-state index contributed by atoms with van der Waals surface area (Å²) in [5.41, 5.74) is -0.551. The van der Waals surface area contributed by atoms with Crippen LogP contribution in [-0.2, 0) is 23.9 Å². The van der Waals surface area contributed by atoms with Crippen molar-refractivity contribution in [3.05, 3.63) is 48.0 Å². The second-order valence-corrected chi connectivity index (χ2v) is 12.0. The minimum absolute atomic E-state index is 0.0000587. The van der Waals surface area contributed by atoms with Crippen LogP contribution in [0.15, 0.2) is 46.8 Å². The van der Waals surface area contributed by atoms with Crippen molar-refractivity contribution in [1.29, 1.82) is 0 Å². The van der Waals surface area contributed by atoms with Crippen molar-refractivity contribution < 1.29 is 28.3 Å². The molecule has 0 unspecified atom stereocenters. The number of ether oxygens (including phenoxy) is 2. The van der Waals surface area contributed by atoms with E-state index in [0.717, 1.165) is 17.6 Å². The quantitative estimate of drug-likeness (QED) is 0.476. The molecule has 1 saturated heterocycles. The summed E-state index contributed by atoms with van der Waals surface area (Å²) in [7, 11) is 0. The van der Waals surface area contributed by atoms with Gasteiger partial charge in [0.15, 0.2) is 11.6 Å². The van der Waals surface area contributed by atoms with Crippen molar-refractivity contribution in [1.82, 2.24) is 0 Å². The molecule has 1 aliphatic heterocycles. The lowest BCUT2D eigenvalue weighted by Crippen LogP contribution is -2.71. The summed E-state index contributed by atoms with van der Waals surface area (Å²) in [6, 6.07) is 1.98. The van der Waals surface area contributed by atoms with Crippen molar-refractivity contribution in [3.8, 4) is 0 Å². The van der Waals surface area contributed by atoms with Crippen LogP contribution in [0, 0.1) is 33.5 Å². The summed E-state index contributed by atoms with van der Waals surface area (Å²) in [4.78, 5) is 40.5. The van der Waals surface area contributed by atoms with Gasteiger partial charge >= 0.3 is 5.97 Å². The van der Waals surface area contributed by atoms with Crippen LogP contribution in [0.5, 0.6) is 0 Å². The van der Waals surface area contributed by atoms with Crippen molar-refractivity contribution >= 4 is 17.5 Å². The third kappa shape index (κ3) is 2.38. The van der Waals surface area contributed by atoms with Gasteiger partial charge in [-0.1, -0.05) is 38.5 Å². The molecular formula is C28H32O6. The number of allylic oxidation sites excluding steroid dienone is 3. The van der Waals surface area contributed by atoms with Gasteiger partial charge < -0.3 is 13.9 Å². The molecule has 0 bridgehead atoms. The number of esters is 1. The van der Waals surface area contributed by atoms with E-state index in [1.165, 1.54) is 6.92 Å². The fraction of sp³-hybridized carbons (Fsp3) is 0.607. The largest absolute Gasteiger partial charge is 0.472 e. The Bertz CT molecular complexity index is 1160. The summed E-state index contributed by atoms with van der Waals surface area (Å²) >= 11 is 0. The number of hydrogen-bond donors (Lipinski definition) is 0. The monoisotopic (exact) mass is 464 g/mol. The average molecular weight is 465 g/mol. The van der Waals surface area contributed by atoms with Gasteiger partial charge in [-0.05, 0) is 43.4 Å². The van der Waals surface area contributed by atoms with Crippen LogP contribution in [0.2, 0.25) is 0 Å². The molecule has 0 amide bonds. The molecule has 0 aromatic carbocycles. The Balaban J connectivity index is 1.58. The molecule has 4 aliphatic carbocycles. The summed E-state index contributed by atoms with van der Waals surface area (Å²) in [5.74, 6) is -1.000. The van der Waals surface area contributed by atoms with Crippen LogP contribution in [0.3, 0.4) is 0 Å². The molecule has 9 atom stereocenters. The van der Waals surface area contributed by atoms with Gasteiger partial charge in [-0.2, -0.15) is 0 Å². The van der Waals surface area contributed by atoms with Crippen LogP contribution in [0.25, 0.3) is 0 Å². The van der Waals surface area contributed by atoms with Crippen molar-refractivity contribution in [2.75, 3.05) is 6.61 Å². The molecular weight excluding hydrogens is 432 g/mol. The average Bonchev–Trinajstić information content (AvgIpc) is 3.47. The Morgan fingerprint density at radius 1 is 1.15 bits per heavy atom. The zero-order chi connectivity index (χ0) is 24.3. The SMILES string of the molecule is CC(=O)O[C@H]1C[C@]2(C)C(=CC[C@H]2c2ccoc2)[C@]2(C)C(=O)[C@@H]3OC[C@]4(C)C=CC(=O)[C@@](C)([C@@H]34)[C@@H]12. The van der Waals surface area contributed by atoms with Gasteiger partial charge in [-0.3, -0.25) is 14.4 Å². The third-order valence-corrected chi connectivity index (χ3v) is 10.2. The van der Waals surface area contributed by atoms with E-state index in [1.54, 1.807) is 18.6 Å². The second kappa shape index (κ2) is 6.60. The van der Waals surface area contributed by atoms with Gasteiger partial charge in [0, 0.05) is 35.0 Å². The highest BCUT2D eigenvalue weighted by Gasteiger charge is 2.77. The molecule has 1 aromatic heterocycles.